The number of hydrogen-bond donors (Lipinski definition) is 1. The summed E-state index contributed by atoms with van der Waals surface area (Å²) in [6.07, 6.45) is 0. The van der Waals surface area contributed by atoms with Gasteiger partial charge in [0.25, 0.3) is 0 Å². The fraction of sp³-hybridized carbons (Fsp3) is 0.130. The van der Waals surface area contributed by atoms with E-state index in [4.69, 9.17) is 0 Å². The third-order valence-electron chi connectivity index (χ3n) is 3.91. The van der Waals surface area contributed by atoms with Crippen LogP contribution in [0.1, 0.15) is 28.3 Å². The van der Waals surface area contributed by atoms with Crippen molar-refractivity contribution in [1.82, 2.24) is 0 Å². The Morgan fingerprint density at radius 2 is 1.29 bits per heavy atom. The van der Waals surface area contributed by atoms with Gasteiger partial charge < -0.3 is 5.32 Å². The van der Waals surface area contributed by atoms with Crippen LogP contribution in [0.2, 0.25) is 0 Å². The van der Waals surface area contributed by atoms with E-state index >= 15 is 0 Å². The highest BCUT2D eigenvalue weighted by Crippen LogP contribution is 2.20. The van der Waals surface area contributed by atoms with E-state index < -0.39 is 0 Å². The van der Waals surface area contributed by atoms with Crippen molar-refractivity contribution in [2.75, 3.05) is 5.32 Å². The van der Waals surface area contributed by atoms with Crippen molar-refractivity contribution in [1.29, 1.82) is 0 Å². The molecule has 0 saturated heterocycles. The molecule has 0 radical (unpaired) electrons. The third-order valence-corrected chi connectivity index (χ3v) is 3.91. The first-order chi connectivity index (χ1) is 11.7. The van der Waals surface area contributed by atoms with Crippen molar-refractivity contribution in [2.24, 2.45) is 0 Å². The molecule has 0 amide bonds. The second-order valence-corrected chi connectivity index (χ2v) is 5.99. The molecule has 24 heavy (non-hydrogen) atoms. The van der Waals surface area contributed by atoms with Crippen LogP contribution in [0.4, 0.5) is 5.69 Å². The van der Waals surface area contributed by atoms with E-state index in [1.54, 1.807) is 0 Å². The SMILES string of the molecule is Cc1ccc(NC(C#Cc2ccccc2)c2ccc(C)cc2)cc1. The molecule has 0 aromatic heterocycles. The summed E-state index contributed by atoms with van der Waals surface area (Å²) < 4.78 is 0. The van der Waals surface area contributed by atoms with Gasteiger partial charge in [-0.25, -0.2) is 0 Å². The Hall–Kier alpha value is -2.98. The summed E-state index contributed by atoms with van der Waals surface area (Å²) in [4.78, 5) is 0. The maximum Gasteiger partial charge on any atom is 0.114 e. The molecule has 0 spiro atoms. The van der Waals surface area contributed by atoms with Crippen LogP contribution in [0.25, 0.3) is 0 Å². The Bertz CT molecular complexity index is 835. The van der Waals surface area contributed by atoms with Gasteiger partial charge in [0.15, 0.2) is 0 Å². The lowest BCUT2D eigenvalue weighted by Gasteiger charge is -2.15. The van der Waals surface area contributed by atoms with Gasteiger partial charge >= 0.3 is 0 Å². The second-order valence-electron chi connectivity index (χ2n) is 5.99. The molecule has 1 heteroatoms. The molecular formula is C23H21N. The minimum Gasteiger partial charge on any atom is -0.368 e. The number of hydrogen-bond acceptors (Lipinski definition) is 1. The average molecular weight is 311 g/mol. The van der Waals surface area contributed by atoms with Gasteiger partial charge in [-0.1, -0.05) is 77.6 Å². The fourth-order valence-electron chi connectivity index (χ4n) is 2.46. The van der Waals surface area contributed by atoms with Gasteiger partial charge in [-0.2, -0.15) is 0 Å². The van der Waals surface area contributed by atoms with Gasteiger partial charge in [0.2, 0.25) is 0 Å². The highest BCUT2D eigenvalue weighted by Gasteiger charge is 2.08. The Labute approximate surface area is 144 Å². The van der Waals surface area contributed by atoms with Crippen LogP contribution < -0.4 is 5.32 Å². The zero-order valence-electron chi connectivity index (χ0n) is 14.1. The van der Waals surface area contributed by atoms with Crippen LogP contribution in [0.15, 0.2) is 78.9 Å². The van der Waals surface area contributed by atoms with E-state index in [2.05, 4.69) is 79.5 Å². The van der Waals surface area contributed by atoms with Gasteiger partial charge in [0, 0.05) is 11.3 Å². The second kappa shape index (κ2) is 7.53. The smallest absolute Gasteiger partial charge is 0.114 e. The summed E-state index contributed by atoms with van der Waals surface area (Å²) in [5, 5.41) is 3.54. The van der Waals surface area contributed by atoms with Crippen LogP contribution in [0.3, 0.4) is 0 Å². The standard InChI is InChI=1S/C23H21N/c1-18-8-13-21(14-9-18)23(17-12-20-6-4-3-5-7-20)24-22-15-10-19(2)11-16-22/h3-11,13-16,23-24H,1-2H3. The van der Waals surface area contributed by atoms with Gasteiger partial charge in [0.1, 0.15) is 6.04 Å². The van der Waals surface area contributed by atoms with E-state index in [-0.39, 0.29) is 6.04 Å². The highest BCUT2D eigenvalue weighted by molar-refractivity contribution is 5.50. The van der Waals surface area contributed by atoms with Gasteiger partial charge in [-0.15, -0.1) is 0 Å². The van der Waals surface area contributed by atoms with Gasteiger partial charge in [0.05, 0.1) is 0 Å². The summed E-state index contributed by atoms with van der Waals surface area (Å²) in [6, 6.07) is 27.0. The minimum atomic E-state index is -0.0477. The predicted octanol–water partition coefficient (Wildman–Crippen LogP) is 5.51. The maximum absolute atomic E-state index is 3.54. The Kier molecular flexibility index (Phi) is 4.99. The number of rotatable bonds is 3. The van der Waals surface area contributed by atoms with Gasteiger partial charge in [-0.3, -0.25) is 0 Å². The molecular weight excluding hydrogens is 290 g/mol. The minimum absolute atomic E-state index is 0.0477. The largest absolute Gasteiger partial charge is 0.368 e. The van der Waals surface area contributed by atoms with E-state index in [9.17, 15) is 0 Å². The zero-order chi connectivity index (χ0) is 16.8. The van der Waals surface area contributed by atoms with Crippen LogP contribution in [-0.4, -0.2) is 0 Å². The van der Waals surface area contributed by atoms with Crippen molar-refractivity contribution in [2.45, 2.75) is 19.9 Å². The zero-order valence-corrected chi connectivity index (χ0v) is 14.1. The molecule has 0 aliphatic carbocycles. The van der Waals surface area contributed by atoms with E-state index in [0.717, 1.165) is 11.3 Å². The molecule has 3 aromatic rings. The fourth-order valence-corrected chi connectivity index (χ4v) is 2.46. The lowest BCUT2D eigenvalue weighted by Crippen LogP contribution is -2.08. The van der Waals surface area contributed by atoms with Crippen LogP contribution in [-0.2, 0) is 0 Å². The molecule has 118 valence electrons. The topological polar surface area (TPSA) is 12.0 Å². The van der Waals surface area contributed by atoms with Crippen molar-refractivity contribution in [3.63, 3.8) is 0 Å². The normalized spacial score (nSPS) is 11.2. The molecule has 1 N–H and O–H groups in total. The number of aryl methyl sites for hydroxylation is 2. The summed E-state index contributed by atoms with van der Waals surface area (Å²) >= 11 is 0. The van der Waals surface area contributed by atoms with Crippen LogP contribution in [0, 0.1) is 25.7 Å². The molecule has 0 aliphatic heterocycles. The van der Waals surface area contributed by atoms with Crippen LogP contribution in [0.5, 0.6) is 0 Å². The highest BCUT2D eigenvalue weighted by atomic mass is 14.9. The summed E-state index contributed by atoms with van der Waals surface area (Å²) in [6.45, 7) is 4.19. The first-order valence-corrected chi connectivity index (χ1v) is 8.17. The van der Waals surface area contributed by atoms with Crippen molar-refractivity contribution >= 4 is 5.69 Å². The van der Waals surface area contributed by atoms with E-state index in [1.165, 1.54) is 16.7 Å². The molecule has 1 nitrogen and oxygen atoms in total. The number of benzene rings is 3. The molecule has 0 aliphatic rings. The molecule has 0 saturated carbocycles. The molecule has 1 atom stereocenters. The first kappa shape index (κ1) is 15.9. The summed E-state index contributed by atoms with van der Waals surface area (Å²) in [5.74, 6) is 6.65. The predicted molar refractivity (Wildman–Crippen MR) is 102 cm³/mol. The summed E-state index contributed by atoms with van der Waals surface area (Å²) in [5.41, 5.74) is 5.78. The lowest BCUT2D eigenvalue weighted by atomic mass is 10.0. The Morgan fingerprint density at radius 3 is 1.92 bits per heavy atom. The Balaban J connectivity index is 1.90. The summed E-state index contributed by atoms with van der Waals surface area (Å²) in [7, 11) is 0. The molecule has 0 fully saturated rings. The molecule has 1 unspecified atom stereocenters. The van der Waals surface area contributed by atoms with Crippen molar-refractivity contribution in [3.8, 4) is 11.8 Å². The quantitative estimate of drug-likeness (QED) is 0.629. The molecule has 0 bridgehead atoms. The van der Waals surface area contributed by atoms with Crippen molar-refractivity contribution < 1.29 is 0 Å². The first-order valence-electron chi connectivity index (χ1n) is 8.17. The number of nitrogens with one attached hydrogen (secondary N) is 1. The van der Waals surface area contributed by atoms with Crippen molar-refractivity contribution in [3.05, 3.63) is 101 Å². The monoisotopic (exact) mass is 311 g/mol. The molecule has 3 rings (SSSR count). The van der Waals surface area contributed by atoms with Gasteiger partial charge in [-0.05, 0) is 43.7 Å². The van der Waals surface area contributed by atoms with E-state index in [1.807, 2.05) is 30.3 Å². The molecule has 0 heterocycles. The van der Waals surface area contributed by atoms with E-state index in [0.29, 0.717) is 0 Å². The lowest BCUT2D eigenvalue weighted by molar-refractivity contribution is 1.02. The average Bonchev–Trinajstić information content (AvgIpc) is 2.62. The maximum atomic E-state index is 3.54. The van der Waals surface area contributed by atoms with Crippen LogP contribution >= 0.6 is 0 Å². The third kappa shape index (κ3) is 4.27. The number of anilines is 1. The Morgan fingerprint density at radius 1 is 0.708 bits per heavy atom. The molecule has 3 aromatic carbocycles.